The number of aromatic nitrogens is 1. The van der Waals surface area contributed by atoms with Crippen molar-refractivity contribution in [1.29, 1.82) is 0 Å². The summed E-state index contributed by atoms with van der Waals surface area (Å²) >= 11 is 5.68. The Labute approximate surface area is 80.1 Å². The second-order valence-electron chi connectivity index (χ2n) is 2.35. The maximum Gasteiger partial charge on any atom is 0.216 e. The number of rotatable bonds is 4. The summed E-state index contributed by atoms with van der Waals surface area (Å²) in [6.45, 7) is 0.146. The highest BCUT2D eigenvalue weighted by Gasteiger charge is 2.01. The van der Waals surface area contributed by atoms with Gasteiger partial charge >= 0.3 is 0 Å². The van der Waals surface area contributed by atoms with E-state index in [2.05, 4.69) is 4.98 Å². The number of hydrogen-bond acceptors (Lipinski definition) is 3. The van der Waals surface area contributed by atoms with E-state index >= 15 is 0 Å². The van der Waals surface area contributed by atoms with Gasteiger partial charge in [0.05, 0.1) is 12.2 Å². The Balaban J connectivity index is 2.73. The van der Waals surface area contributed by atoms with E-state index in [9.17, 15) is 9.59 Å². The molecule has 0 saturated carbocycles. The van der Waals surface area contributed by atoms with Crippen LogP contribution in [0.1, 0.15) is 5.69 Å². The zero-order valence-electron chi connectivity index (χ0n) is 6.68. The van der Waals surface area contributed by atoms with E-state index in [-0.39, 0.29) is 6.54 Å². The van der Waals surface area contributed by atoms with Crippen molar-refractivity contribution in [3.05, 3.63) is 29.0 Å². The Morgan fingerprint density at radius 1 is 1.46 bits per heavy atom. The van der Waals surface area contributed by atoms with Crippen LogP contribution in [-0.2, 0) is 16.1 Å². The van der Waals surface area contributed by atoms with Gasteiger partial charge in [-0.2, -0.15) is 0 Å². The summed E-state index contributed by atoms with van der Waals surface area (Å²) in [6.07, 6.45) is 2.40. The van der Waals surface area contributed by atoms with E-state index in [1.54, 1.807) is 12.1 Å². The highest BCUT2D eigenvalue weighted by molar-refractivity contribution is 6.30. The van der Waals surface area contributed by atoms with Crippen LogP contribution in [0.4, 0.5) is 0 Å². The first kappa shape index (κ1) is 9.67. The molecule has 0 aromatic carbocycles. The van der Waals surface area contributed by atoms with Crippen molar-refractivity contribution in [2.24, 2.45) is 0 Å². The first-order valence-corrected chi connectivity index (χ1v) is 3.91. The number of carbonyl (C=O) groups excluding carboxylic acids is 2. The average Bonchev–Trinajstić information content (AvgIpc) is 2.14. The maximum atomic E-state index is 10.3. The monoisotopic (exact) mass is 198 g/mol. The Morgan fingerprint density at radius 3 is 2.69 bits per heavy atom. The summed E-state index contributed by atoms with van der Waals surface area (Å²) in [5.74, 6) is 0. The van der Waals surface area contributed by atoms with Crippen molar-refractivity contribution in [1.82, 2.24) is 9.88 Å². The van der Waals surface area contributed by atoms with Gasteiger partial charge < -0.3 is 0 Å². The first-order valence-electron chi connectivity index (χ1n) is 3.53. The van der Waals surface area contributed by atoms with Crippen LogP contribution in [0, 0.1) is 0 Å². The Morgan fingerprint density at radius 2 is 2.15 bits per heavy atom. The van der Waals surface area contributed by atoms with Crippen molar-refractivity contribution >= 4 is 24.4 Å². The Hall–Kier alpha value is -1.42. The number of hydrogen-bond donors (Lipinski definition) is 0. The molecule has 0 atom stereocenters. The van der Waals surface area contributed by atoms with Crippen LogP contribution in [0.3, 0.4) is 0 Å². The molecule has 1 aromatic heterocycles. The fourth-order valence-corrected chi connectivity index (χ4v) is 1.00. The normalized spacial score (nSPS) is 9.31. The van der Waals surface area contributed by atoms with E-state index < -0.39 is 0 Å². The number of imide groups is 1. The fraction of sp³-hybridized carbons (Fsp3) is 0.125. The van der Waals surface area contributed by atoms with Gasteiger partial charge in [-0.15, -0.1) is 0 Å². The van der Waals surface area contributed by atoms with Crippen molar-refractivity contribution in [3.63, 3.8) is 0 Å². The van der Waals surface area contributed by atoms with Gasteiger partial charge in [-0.25, -0.2) is 0 Å². The van der Waals surface area contributed by atoms with E-state index in [1.165, 1.54) is 6.20 Å². The van der Waals surface area contributed by atoms with Crippen LogP contribution in [0.2, 0.25) is 5.02 Å². The standard InChI is InChI=1S/C8H7ClN2O2/c9-7-1-2-10-8(3-7)4-11(5-12)6-13/h1-3,5-6H,4H2. The molecule has 2 amide bonds. The van der Waals surface area contributed by atoms with Gasteiger partial charge in [0, 0.05) is 11.2 Å². The Bertz CT molecular complexity index is 309. The van der Waals surface area contributed by atoms with Gasteiger partial charge in [0.2, 0.25) is 12.8 Å². The summed E-state index contributed by atoms with van der Waals surface area (Å²) in [5, 5.41) is 0.529. The van der Waals surface area contributed by atoms with Crippen molar-refractivity contribution in [2.45, 2.75) is 6.54 Å². The minimum atomic E-state index is 0.146. The summed E-state index contributed by atoms with van der Waals surface area (Å²) in [5.41, 5.74) is 0.576. The quantitative estimate of drug-likeness (QED) is 0.674. The SMILES string of the molecule is O=CN(C=O)Cc1cc(Cl)ccn1. The van der Waals surface area contributed by atoms with E-state index in [1.807, 2.05) is 0 Å². The third-order valence-corrected chi connectivity index (χ3v) is 1.63. The summed E-state index contributed by atoms with van der Waals surface area (Å²) in [4.78, 5) is 25.4. The molecule has 0 aliphatic rings. The fourth-order valence-electron chi connectivity index (χ4n) is 0.822. The molecule has 5 heteroatoms. The third kappa shape index (κ3) is 2.83. The molecule has 0 N–H and O–H groups in total. The molecule has 0 fully saturated rings. The summed E-state index contributed by atoms with van der Waals surface area (Å²) in [7, 11) is 0. The third-order valence-electron chi connectivity index (χ3n) is 1.39. The lowest BCUT2D eigenvalue weighted by Crippen LogP contribution is -2.19. The smallest absolute Gasteiger partial charge is 0.216 e. The predicted molar refractivity (Wildman–Crippen MR) is 46.9 cm³/mol. The Kier molecular flexibility index (Phi) is 3.40. The number of nitrogens with zero attached hydrogens (tertiary/aromatic N) is 2. The molecule has 0 bridgehead atoms. The van der Waals surface area contributed by atoms with Gasteiger partial charge in [0.15, 0.2) is 0 Å². The van der Waals surface area contributed by atoms with Crippen LogP contribution in [-0.4, -0.2) is 22.7 Å². The van der Waals surface area contributed by atoms with Crippen LogP contribution < -0.4 is 0 Å². The molecule has 1 heterocycles. The molecule has 0 radical (unpaired) electrons. The topological polar surface area (TPSA) is 50.3 Å². The molecular weight excluding hydrogens is 192 g/mol. The lowest BCUT2D eigenvalue weighted by Gasteiger charge is -2.07. The lowest BCUT2D eigenvalue weighted by atomic mass is 10.3. The summed E-state index contributed by atoms with van der Waals surface area (Å²) < 4.78 is 0. The molecule has 0 saturated heterocycles. The molecule has 0 spiro atoms. The predicted octanol–water partition coefficient (Wildman–Crippen LogP) is 0.850. The minimum Gasteiger partial charge on any atom is -0.282 e. The largest absolute Gasteiger partial charge is 0.282 e. The van der Waals surface area contributed by atoms with Crippen LogP contribution in [0.25, 0.3) is 0 Å². The minimum absolute atomic E-state index is 0.146. The van der Waals surface area contributed by atoms with Crippen LogP contribution in [0.15, 0.2) is 18.3 Å². The first-order chi connectivity index (χ1) is 6.26. The highest BCUT2D eigenvalue weighted by atomic mass is 35.5. The van der Waals surface area contributed by atoms with Crippen LogP contribution >= 0.6 is 11.6 Å². The van der Waals surface area contributed by atoms with Gasteiger partial charge in [-0.1, -0.05) is 11.6 Å². The van der Waals surface area contributed by atoms with Gasteiger partial charge in [-0.3, -0.25) is 19.5 Å². The van der Waals surface area contributed by atoms with E-state index in [4.69, 9.17) is 11.6 Å². The van der Waals surface area contributed by atoms with Gasteiger partial charge in [0.25, 0.3) is 0 Å². The molecule has 1 rings (SSSR count). The van der Waals surface area contributed by atoms with Crippen LogP contribution in [0.5, 0.6) is 0 Å². The lowest BCUT2D eigenvalue weighted by molar-refractivity contribution is -0.129. The average molecular weight is 199 g/mol. The van der Waals surface area contributed by atoms with Crippen molar-refractivity contribution in [2.75, 3.05) is 0 Å². The van der Waals surface area contributed by atoms with E-state index in [0.29, 0.717) is 23.5 Å². The zero-order valence-corrected chi connectivity index (χ0v) is 7.44. The molecule has 1 aromatic rings. The maximum absolute atomic E-state index is 10.3. The molecule has 0 unspecified atom stereocenters. The highest BCUT2D eigenvalue weighted by Crippen LogP contribution is 2.08. The number of carbonyl (C=O) groups is 2. The number of halogens is 1. The van der Waals surface area contributed by atoms with Crippen molar-refractivity contribution in [3.8, 4) is 0 Å². The van der Waals surface area contributed by atoms with Crippen molar-refractivity contribution < 1.29 is 9.59 Å². The molecule has 13 heavy (non-hydrogen) atoms. The summed E-state index contributed by atoms with van der Waals surface area (Å²) in [6, 6.07) is 3.22. The second-order valence-corrected chi connectivity index (χ2v) is 2.78. The number of pyridine rings is 1. The molecule has 68 valence electrons. The molecular formula is C8H7ClN2O2. The van der Waals surface area contributed by atoms with Gasteiger partial charge in [-0.05, 0) is 12.1 Å². The second kappa shape index (κ2) is 4.57. The molecule has 4 nitrogen and oxygen atoms in total. The molecule has 0 aliphatic heterocycles. The van der Waals surface area contributed by atoms with Gasteiger partial charge in [0.1, 0.15) is 0 Å². The molecule has 0 aliphatic carbocycles. The number of amides is 2. The zero-order chi connectivity index (χ0) is 9.68. The van der Waals surface area contributed by atoms with E-state index in [0.717, 1.165) is 4.90 Å².